The number of imidazole rings is 1. The van der Waals surface area contributed by atoms with Gasteiger partial charge in [-0.1, -0.05) is 48.0 Å². The van der Waals surface area contributed by atoms with Gasteiger partial charge in [0.1, 0.15) is 5.82 Å². The smallest absolute Gasteiger partial charge is 0.244 e. The molecule has 122 valence electrons. The number of allylic oxidation sites excluding steroid dienone is 1. The molecular formula is C20H21N3O. The summed E-state index contributed by atoms with van der Waals surface area (Å²) in [6.45, 7) is 3.82. The fraction of sp³-hybridized carbons (Fsp3) is 0.200. The van der Waals surface area contributed by atoms with Crippen molar-refractivity contribution in [3.8, 4) is 0 Å². The maximum Gasteiger partial charge on any atom is 0.244 e. The maximum absolute atomic E-state index is 12.2. The van der Waals surface area contributed by atoms with Gasteiger partial charge in [0.05, 0.1) is 17.1 Å². The summed E-state index contributed by atoms with van der Waals surface area (Å²) in [4.78, 5) is 20.2. The second kappa shape index (κ2) is 7.13. The first-order valence-corrected chi connectivity index (χ1v) is 8.06. The second-order valence-corrected chi connectivity index (χ2v) is 6.11. The van der Waals surface area contributed by atoms with Crippen LogP contribution in [-0.2, 0) is 11.2 Å². The molecule has 0 aliphatic rings. The Balaban J connectivity index is 1.91. The largest absolute Gasteiger partial charge is 0.342 e. The summed E-state index contributed by atoms with van der Waals surface area (Å²) >= 11 is 0. The number of fused-ring (bicyclic) bond motifs is 1. The summed E-state index contributed by atoms with van der Waals surface area (Å²) in [5, 5.41) is 3.07. The lowest BCUT2D eigenvalue weighted by molar-refractivity contribution is -0.117. The number of carbonyl (C=O) groups excluding carboxylic acids is 1. The maximum atomic E-state index is 12.2. The molecule has 0 saturated carbocycles. The Morgan fingerprint density at radius 2 is 1.83 bits per heavy atom. The highest BCUT2D eigenvalue weighted by molar-refractivity contribution is 5.88. The normalized spacial score (nSPS) is 11.9. The van der Waals surface area contributed by atoms with Crippen molar-refractivity contribution < 1.29 is 4.79 Å². The minimum absolute atomic E-state index is 0.101. The fourth-order valence-corrected chi connectivity index (χ4v) is 2.68. The average Bonchev–Trinajstić information content (AvgIpc) is 2.98. The van der Waals surface area contributed by atoms with Crippen molar-refractivity contribution in [1.82, 2.24) is 15.3 Å². The molecule has 0 saturated heterocycles. The summed E-state index contributed by atoms with van der Waals surface area (Å²) in [7, 11) is 0. The number of amides is 1. The van der Waals surface area contributed by atoms with Gasteiger partial charge in [-0.25, -0.2) is 4.98 Å². The molecule has 4 nitrogen and oxygen atoms in total. The molecule has 2 aromatic carbocycles. The van der Waals surface area contributed by atoms with E-state index in [2.05, 4.69) is 27.4 Å². The van der Waals surface area contributed by atoms with Gasteiger partial charge < -0.3 is 10.3 Å². The van der Waals surface area contributed by atoms with E-state index >= 15 is 0 Å². The molecule has 0 aliphatic carbocycles. The van der Waals surface area contributed by atoms with Crippen molar-refractivity contribution in [1.29, 1.82) is 0 Å². The van der Waals surface area contributed by atoms with Crippen LogP contribution in [0.5, 0.6) is 0 Å². The molecule has 4 heteroatoms. The number of nitrogens with one attached hydrogen (secondary N) is 2. The van der Waals surface area contributed by atoms with Crippen LogP contribution in [-0.4, -0.2) is 15.9 Å². The van der Waals surface area contributed by atoms with Crippen LogP contribution in [0.4, 0.5) is 0 Å². The highest BCUT2D eigenvalue weighted by atomic mass is 16.1. The van der Waals surface area contributed by atoms with Crippen LogP contribution in [0.15, 0.2) is 66.2 Å². The van der Waals surface area contributed by atoms with Crippen LogP contribution in [0.2, 0.25) is 0 Å². The monoisotopic (exact) mass is 319 g/mol. The second-order valence-electron chi connectivity index (χ2n) is 6.11. The Morgan fingerprint density at radius 1 is 1.12 bits per heavy atom. The Labute approximate surface area is 141 Å². The van der Waals surface area contributed by atoms with Gasteiger partial charge in [-0.2, -0.15) is 0 Å². The zero-order chi connectivity index (χ0) is 16.9. The van der Waals surface area contributed by atoms with E-state index in [1.807, 2.05) is 56.3 Å². The zero-order valence-corrected chi connectivity index (χ0v) is 13.9. The van der Waals surface area contributed by atoms with Crippen LogP contribution in [0, 0.1) is 0 Å². The molecule has 0 aliphatic heterocycles. The fourth-order valence-electron chi connectivity index (χ4n) is 2.68. The molecule has 0 fully saturated rings. The van der Waals surface area contributed by atoms with Gasteiger partial charge in [0.15, 0.2) is 0 Å². The van der Waals surface area contributed by atoms with E-state index in [-0.39, 0.29) is 11.9 Å². The standard InChI is InChI=1S/C20H21N3O/c1-14(2)12-19(24)21-18(13-15-8-4-3-5-9-15)20-22-16-10-6-7-11-17(16)23-20/h3-12,18H,13H2,1-2H3,(H,21,24)(H,22,23). The van der Waals surface area contributed by atoms with Crippen LogP contribution in [0.1, 0.15) is 31.3 Å². The van der Waals surface area contributed by atoms with Crippen LogP contribution >= 0.6 is 0 Å². The predicted octanol–water partition coefficient (Wildman–Crippen LogP) is 3.93. The number of carbonyl (C=O) groups is 1. The van der Waals surface area contributed by atoms with Gasteiger partial charge in [0.2, 0.25) is 5.91 Å². The molecule has 24 heavy (non-hydrogen) atoms. The van der Waals surface area contributed by atoms with Crippen LogP contribution in [0.25, 0.3) is 11.0 Å². The van der Waals surface area contributed by atoms with E-state index in [4.69, 9.17) is 0 Å². The number of hydrogen-bond donors (Lipinski definition) is 2. The van der Waals surface area contributed by atoms with Crippen molar-refractivity contribution in [2.45, 2.75) is 26.3 Å². The molecule has 1 atom stereocenters. The van der Waals surface area contributed by atoms with E-state index in [0.717, 1.165) is 28.0 Å². The first-order valence-electron chi connectivity index (χ1n) is 8.06. The van der Waals surface area contributed by atoms with Crippen LogP contribution in [0.3, 0.4) is 0 Å². The number of hydrogen-bond acceptors (Lipinski definition) is 2. The van der Waals surface area contributed by atoms with Crippen LogP contribution < -0.4 is 5.32 Å². The minimum Gasteiger partial charge on any atom is -0.342 e. The first kappa shape index (κ1) is 16.0. The molecule has 1 aromatic heterocycles. The summed E-state index contributed by atoms with van der Waals surface area (Å²) in [6, 6.07) is 17.8. The Kier molecular flexibility index (Phi) is 4.75. The number of aromatic nitrogens is 2. The molecule has 2 N–H and O–H groups in total. The van der Waals surface area contributed by atoms with Gasteiger partial charge >= 0.3 is 0 Å². The summed E-state index contributed by atoms with van der Waals surface area (Å²) in [5.74, 6) is 0.673. The molecule has 3 aromatic rings. The molecule has 1 amide bonds. The van der Waals surface area contributed by atoms with Crippen molar-refractivity contribution in [2.24, 2.45) is 0 Å². The average molecular weight is 319 g/mol. The highest BCUT2D eigenvalue weighted by Crippen LogP contribution is 2.20. The molecule has 1 heterocycles. The Morgan fingerprint density at radius 3 is 2.54 bits per heavy atom. The van der Waals surface area contributed by atoms with Gasteiger partial charge in [-0.05, 0) is 38.0 Å². The quantitative estimate of drug-likeness (QED) is 0.700. The van der Waals surface area contributed by atoms with Crippen molar-refractivity contribution in [3.05, 3.63) is 77.6 Å². The number of rotatable bonds is 5. The third-order valence-electron chi connectivity index (χ3n) is 3.76. The van der Waals surface area contributed by atoms with Gasteiger partial charge in [-0.15, -0.1) is 0 Å². The van der Waals surface area contributed by atoms with Gasteiger partial charge in [0, 0.05) is 6.08 Å². The number of aromatic amines is 1. The van der Waals surface area contributed by atoms with E-state index < -0.39 is 0 Å². The Bertz CT molecular complexity index is 828. The van der Waals surface area contributed by atoms with Gasteiger partial charge in [-0.3, -0.25) is 4.79 Å². The van der Waals surface area contributed by atoms with Crippen molar-refractivity contribution in [3.63, 3.8) is 0 Å². The summed E-state index contributed by atoms with van der Waals surface area (Å²) in [5.41, 5.74) is 4.00. The highest BCUT2D eigenvalue weighted by Gasteiger charge is 2.18. The predicted molar refractivity (Wildman–Crippen MR) is 96.6 cm³/mol. The summed E-state index contributed by atoms with van der Waals surface area (Å²) < 4.78 is 0. The van der Waals surface area contributed by atoms with Crippen molar-refractivity contribution in [2.75, 3.05) is 0 Å². The lowest BCUT2D eigenvalue weighted by Gasteiger charge is -2.16. The molecule has 3 rings (SSSR count). The molecule has 1 unspecified atom stereocenters. The molecule has 0 bridgehead atoms. The van der Waals surface area contributed by atoms with Crippen molar-refractivity contribution >= 4 is 16.9 Å². The number of benzene rings is 2. The summed E-state index contributed by atoms with van der Waals surface area (Å²) in [6.07, 6.45) is 2.30. The third-order valence-corrected chi connectivity index (χ3v) is 3.76. The number of nitrogens with zero attached hydrogens (tertiary/aromatic N) is 1. The van der Waals surface area contributed by atoms with E-state index in [1.54, 1.807) is 6.08 Å². The number of H-pyrrole nitrogens is 1. The minimum atomic E-state index is -0.206. The molecular weight excluding hydrogens is 298 g/mol. The van der Waals surface area contributed by atoms with E-state index in [1.165, 1.54) is 0 Å². The lowest BCUT2D eigenvalue weighted by Crippen LogP contribution is -2.29. The van der Waals surface area contributed by atoms with E-state index in [0.29, 0.717) is 6.42 Å². The molecule has 0 spiro atoms. The third kappa shape index (κ3) is 3.90. The zero-order valence-electron chi connectivity index (χ0n) is 13.9. The molecule has 0 radical (unpaired) electrons. The SMILES string of the molecule is CC(C)=CC(=O)NC(Cc1ccccc1)c1nc2ccccc2[nH]1. The lowest BCUT2D eigenvalue weighted by atomic mass is 10.1. The topological polar surface area (TPSA) is 57.8 Å². The first-order chi connectivity index (χ1) is 11.6. The van der Waals surface area contributed by atoms with Gasteiger partial charge in [0.25, 0.3) is 0 Å². The Hall–Kier alpha value is -2.88. The number of para-hydroxylation sites is 2. The van der Waals surface area contributed by atoms with E-state index in [9.17, 15) is 4.79 Å².